The molecule has 1 aliphatic carbocycles. The standard InChI is InChI=1S/C51H35NS/c1-51(2)44-19-9-16-38(34-14-7-4-8-15-34)48(44)42-29-27-37(31-45(42)51)52(35-24-22-33(23-25-35)32-12-5-3-6-13-32)36-26-28-39-40-17-10-20-46-49(40)50-41(43(39)30-36)18-11-21-47(50)53-46/h3-31H,1-2H3. The maximum absolute atomic E-state index is 2.45. The number of benzene rings is 9. The molecule has 1 aliphatic rings. The quantitative estimate of drug-likeness (QED) is 0.162. The topological polar surface area (TPSA) is 3.24 Å². The first-order chi connectivity index (χ1) is 26.0. The van der Waals surface area contributed by atoms with Crippen molar-refractivity contribution >= 4 is 70.1 Å². The van der Waals surface area contributed by atoms with E-state index < -0.39 is 0 Å². The van der Waals surface area contributed by atoms with Gasteiger partial charge in [-0.1, -0.05) is 141 Å². The van der Waals surface area contributed by atoms with E-state index >= 15 is 0 Å². The molecule has 1 aromatic heterocycles. The van der Waals surface area contributed by atoms with Crippen molar-refractivity contribution in [1.82, 2.24) is 0 Å². The van der Waals surface area contributed by atoms with Crippen molar-refractivity contribution in [3.63, 3.8) is 0 Å². The Morgan fingerprint density at radius 2 is 0.981 bits per heavy atom. The smallest absolute Gasteiger partial charge is 0.0468 e. The molecule has 0 radical (unpaired) electrons. The van der Waals surface area contributed by atoms with E-state index in [1.165, 1.54) is 86.2 Å². The van der Waals surface area contributed by atoms with Crippen LogP contribution < -0.4 is 4.90 Å². The van der Waals surface area contributed by atoms with E-state index in [1.807, 2.05) is 11.3 Å². The maximum atomic E-state index is 2.45. The van der Waals surface area contributed by atoms with Gasteiger partial charge in [-0.05, 0) is 115 Å². The van der Waals surface area contributed by atoms with Gasteiger partial charge in [0.25, 0.3) is 0 Å². The molecule has 0 saturated carbocycles. The van der Waals surface area contributed by atoms with Crippen LogP contribution >= 0.6 is 11.3 Å². The number of fused-ring (bicyclic) bond motifs is 6. The second-order valence-electron chi connectivity index (χ2n) is 14.9. The zero-order valence-electron chi connectivity index (χ0n) is 29.6. The van der Waals surface area contributed by atoms with Gasteiger partial charge < -0.3 is 4.90 Å². The molecule has 0 spiro atoms. The third-order valence-electron chi connectivity index (χ3n) is 11.6. The Bertz CT molecular complexity index is 3010. The third kappa shape index (κ3) is 4.49. The van der Waals surface area contributed by atoms with Crippen LogP contribution in [0.5, 0.6) is 0 Å². The Morgan fingerprint density at radius 1 is 0.396 bits per heavy atom. The molecule has 0 N–H and O–H groups in total. The molecular formula is C51H35NS. The van der Waals surface area contributed by atoms with Gasteiger partial charge in [-0.2, -0.15) is 0 Å². The summed E-state index contributed by atoms with van der Waals surface area (Å²) in [5.74, 6) is 0. The lowest BCUT2D eigenvalue weighted by Gasteiger charge is -2.28. The fourth-order valence-electron chi connectivity index (χ4n) is 9.10. The first kappa shape index (κ1) is 30.4. The molecule has 10 aromatic rings. The van der Waals surface area contributed by atoms with Crippen LogP contribution in [0.1, 0.15) is 25.0 Å². The van der Waals surface area contributed by atoms with Gasteiger partial charge in [0.1, 0.15) is 0 Å². The Balaban J connectivity index is 1.13. The summed E-state index contributed by atoms with van der Waals surface area (Å²) in [6, 6.07) is 65.2. The normalized spacial score (nSPS) is 13.2. The van der Waals surface area contributed by atoms with Crippen molar-refractivity contribution in [2.75, 3.05) is 4.90 Å². The van der Waals surface area contributed by atoms with Gasteiger partial charge in [-0.15, -0.1) is 11.3 Å². The number of hydrogen-bond acceptors (Lipinski definition) is 2. The fraction of sp³-hybridized carbons (Fsp3) is 0.0588. The summed E-state index contributed by atoms with van der Waals surface area (Å²) in [4.78, 5) is 2.45. The third-order valence-corrected chi connectivity index (χ3v) is 12.7. The molecule has 53 heavy (non-hydrogen) atoms. The summed E-state index contributed by atoms with van der Waals surface area (Å²) >= 11 is 1.90. The van der Waals surface area contributed by atoms with Crippen LogP contribution in [0.25, 0.3) is 75.1 Å². The zero-order chi connectivity index (χ0) is 35.3. The summed E-state index contributed by atoms with van der Waals surface area (Å²) in [6.07, 6.45) is 0. The van der Waals surface area contributed by atoms with Crippen molar-refractivity contribution in [3.8, 4) is 33.4 Å². The van der Waals surface area contributed by atoms with Crippen molar-refractivity contribution in [2.45, 2.75) is 19.3 Å². The molecule has 1 nitrogen and oxygen atoms in total. The van der Waals surface area contributed by atoms with Crippen LogP contribution in [0.4, 0.5) is 17.1 Å². The van der Waals surface area contributed by atoms with Crippen LogP contribution in [-0.2, 0) is 5.41 Å². The largest absolute Gasteiger partial charge is 0.310 e. The minimum Gasteiger partial charge on any atom is -0.310 e. The highest BCUT2D eigenvalue weighted by Crippen LogP contribution is 2.54. The van der Waals surface area contributed by atoms with Crippen molar-refractivity contribution in [3.05, 3.63) is 187 Å². The van der Waals surface area contributed by atoms with E-state index in [0.29, 0.717) is 0 Å². The molecule has 0 saturated heterocycles. The molecule has 0 aliphatic heterocycles. The van der Waals surface area contributed by atoms with E-state index in [4.69, 9.17) is 0 Å². The van der Waals surface area contributed by atoms with Crippen molar-refractivity contribution < 1.29 is 0 Å². The highest BCUT2D eigenvalue weighted by molar-refractivity contribution is 7.26. The highest BCUT2D eigenvalue weighted by Gasteiger charge is 2.37. The molecule has 0 bridgehead atoms. The minimum atomic E-state index is -0.159. The molecule has 9 aromatic carbocycles. The average Bonchev–Trinajstić information content (AvgIpc) is 3.71. The monoisotopic (exact) mass is 693 g/mol. The van der Waals surface area contributed by atoms with Gasteiger partial charge >= 0.3 is 0 Å². The van der Waals surface area contributed by atoms with E-state index in [1.54, 1.807) is 0 Å². The predicted molar refractivity (Wildman–Crippen MR) is 229 cm³/mol. The molecule has 1 heterocycles. The van der Waals surface area contributed by atoms with Crippen LogP contribution in [0, 0.1) is 0 Å². The zero-order valence-corrected chi connectivity index (χ0v) is 30.4. The molecule has 0 unspecified atom stereocenters. The maximum Gasteiger partial charge on any atom is 0.0468 e. The van der Waals surface area contributed by atoms with Gasteiger partial charge in [0.05, 0.1) is 0 Å². The minimum absolute atomic E-state index is 0.159. The Hall–Kier alpha value is -6.22. The van der Waals surface area contributed by atoms with Gasteiger partial charge in [0.15, 0.2) is 0 Å². The van der Waals surface area contributed by atoms with Crippen LogP contribution in [0.15, 0.2) is 176 Å². The SMILES string of the molecule is CC1(C)c2cc(N(c3ccc(-c4ccccc4)cc3)c3ccc4c(c3)c3cccc5sc6cccc4c6c53)ccc2-c2c(-c3ccccc3)cccc21. The predicted octanol–water partition coefficient (Wildman–Crippen LogP) is 14.9. The van der Waals surface area contributed by atoms with Crippen LogP contribution in [0.3, 0.4) is 0 Å². The Labute approximate surface area is 313 Å². The van der Waals surface area contributed by atoms with E-state index in [9.17, 15) is 0 Å². The fourth-order valence-corrected chi connectivity index (χ4v) is 10.3. The summed E-state index contributed by atoms with van der Waals surface area (Å²) < 4.78 is 2.71. The lowest BCUT2D eigenvalue weighted by molar-refractivity contribution is 0.660. The van der Waals surface area contributed by atoms with Gasteiger partial charge in [-0.25, -0.2) is 0 Å². The first-order valence-corrected chi connectivity index (χ1v) is 19.2. The Kier molecular flexibility index (Phi) is 6.53. The summed E-state index contributed by atoms with van der Waals surface area (Å²) in [5.41, 5.74) is 13.7. The van der Waals surface area contributed by atoms with Gasteiger partial charge in [-0.3, -0.25) is 0 Å². The van der Waals surface area contributed by atoms with Gasteiger partial charge in [0.2, 0.25) is 0 Å². The van der Waals surface area contributed by atoms with Crippen molar-refractivity contribution in [1.29, 1.82) is 0 Å². The van der Waals surface area contributed by atoms with Gasteiger partial charge in [0, 0.05) is 42.6 Å². The molecule has 0 atom stereocenters. The second kappa shape index (κ2) is 11.4. The van der Waals surface area contributed by atoms with E-state index in [0.717, 1.165) is 17.1 Å². The highest BCUT2D eigenvalue weighted by atomic mass is 32.1. The number of rotatable bonds is 5. The lowest BCUT2D eigenvalue weighted by atomic mass is 9.81. The van der Waals surface area contributed by atoms with E-state index in [2.05, 4.69) is 195 Å². The number of nitrogens with zero attached hydrogens (tertiary/aromatic N) is 1. The molecule has 11 rings (SSSR count). The summed E-state index contributed by atoms with van der Waals surface area (Å²) in [6.45, 7) is 4.77. The molecule has 2 heteroatoms. The Morgan fingerprint density at radius 3 is 1.70 bits per heavy atom. The summed E-state index contributed by atoms with van der Waals surface area (Å²) in [5, 5.41) is 8.03. The number of hydrogen-bond donors (Lipinski definition) is 0. The van der Waals surface area contributed by atoms with E-state index in [-0.39, 0.29) is 5.41 Å². The molecular weight excluding hydrogens is 659 g/mol. The molecule has 250 valence electrons. The van der Waals surface area contributed by atoms with Crippen LogP contribution in [0.2, 0.25) is 0 Å². The lowest BCUT2D eigenvalue weighted by Crippen LogP contribution is -2.16. The number of anilines is 3. The first-order valence-electron chi connectivity index (χ1n) is 18.4. The average molecular weight is 694 g/mol. The second-order valence-corrected chi connectivity index (χ2v) is 16.0. The molecule has 0 fully saturated rings. The molecule has 0 amide bonds. The van der Waals surface area contributed by atoms with Crippen molar-refractivity contribution in [2.24, 2.45) is 0 Å². The van der Waals surface area contributed by atoms with Crippen LogP contribution in [-0.4, -0.2) is 0 Å². The number of thiophene rings is 1. The summed E-state index contributed by atoms with van der Waals surface area (Å²) in [7, 11) is 0.